The Hall–Kier alpha value is -0.330. The van der Waals surface area contributed by atoms with Crippen LogP contribution in [0.5, 0.6) is 0 Å². The summed E-state index contributed by atoms with van der Waals surface area (Å²) < 4.78 is 46.2. The van der Waals surface area contributed by atoms with Crippen molar-refractivity contribution in [1.29, 1.82) is 0 Å². The second-order valence-electron chi connectivity index (χ2n) is 3.43. The molecule has 6 heteroatoms. The van der Waals surface area contributed by atoms with Gasteiger partial charge in [-0.1, -0.05) is 0 Å². The van der Waals surface area contributed by atoms with Gasteiger partial charge in [0.05, 0.1) is 6.61 Å². The maximum Gasteiger partial charge on any atom is 0.406 e. The molecule has 1 aliphatic heterocycles. The van der Waals surface area contributed by atoms with E-state index in [1.807, 2.05) is 0 Å². The molecule has 2 atom stereocenters. The van der Waals surface area contributed by atoms with Gasteiger partial charge in [-0.2, -0.15) is 13.2 Å². The van der Waals surface area contributed by atoms with Crippen molar-refractivity contribution in [2.24, 2.45) is 5.73 Å². The van der Waals surface area contributed by atoms with Crippen molar-refractivity contribution in [2.45, 2.75) is 38.0 Å². The van der Waals surface area contributed by atoms with Gasteiger partial charge >= 0.3 is 6.18 Å². The van der Waals surface area contributed by atoms with E-state index in [1.165, 1.54) is 0 Å². The van der Waals surface area contributed by atoms with Crippen LogP contribution in [0.4, 0.5) is 13.2 Å². The molecular formula is C7H12F3NO2. The highest BCUT2D eigenvalue weighted by molar-refractivity contribution is 4.85. The number of halogens is 3. The molecule has 1 saturated heterocycles. The molecule has 0 aromatic rings. The Balaban J connectivity index is 2.57. The Labute approximate surface area is 74.0 Å². The molecule has 0 aliphatic carbocycles. The lowest BCUT2D eigenvalue weighted by molar-refractivity contribution is -0.189. The molecule has 1 heterocycles. The average molecular weight is 199 g/mol. The first-order chi connectivity index (χ1) is 5.72. The fourth-order valence-electron chi connectivity index (χ4n) is 1.10. The highest BCUT2D eigenvalue weighted by atomic mass is 19.4. The standard InChI is InChI=1S/C7H12F3NO2/c1-6(2)12-3-4(13-6)5(11)7(8,9)10/h4-5H,3,11H2,1-2H3. The third-order valence-electron chi connectivity index (χ3n) is 1.81. The van der Waals surface area contributed by atoms with Gasteiger partial charge in [-0.3, -0.25) is 0 Å². The Morgan fingerprint density at radius 3 is 2.31 bits per heavy atom. The minimum atomic E-state index is -4.44. The van der Waals surface area contributed by atoms with Gasteiger partial charge in [0.2, 0.25) is 0 Å². The van der Waals surface area contributed by atoms with Gasteiger partial charge in [0.15, 0.2) is 5.79 Å². The first-order valence-corrected chi connectivity index (χ1v) is 3.86. The van der Waals surface area contributed by atoms with Gasteiger partial charge in [0.1, 0.15) is 12.1 Å². The van der Waals surface area contributed by atoms with Crippen LogP contribution in [-0.2, 0) is 9.47 Å². The molecule has 1 fully saturated rings. The van der Waals surface area contributed by atoms with Crippen LogP contribution in [0.3, 0.4) is 0 Å². The highest BCUT2D eigenvalue weighted by Crippen LogP contribution is 2.30. The van der Waals surface area contributed by atoms with Crippen molar-refractivity contribution in [1.82, 2.24) is 0 Å². The number of rotatable bonds is 1. The van der Waals surface area contributed by atoms with E-state index in [0.29, 0.717) is 0 Å². The van der Waals surface area contributed by atoms with Crippen LogP contribution in [0.1, 0.15) is 13.8 Å². The number of hydrogen-bond donors (Lipinski definition) is 1. The van der Waals surface area contributed by atoms with Gasteiger partial charge in [-0.15, -0.1) is 0 Å². The van der Waals surface area contributed by atoms with E-state index in [4.69, 9.17) is 15.2 Å². The molecule has 1 aliphatic rings. The third kappa shape index (κ3) is 2.55. The molecule has 0 bridgehead atoms. The predicted octanol–water partition coefficient (Wildman–Crippen LogP) is 1.03. The maximum atomic E-state index is 12.1. The number of nitrogens with two attached hydrogens (primary N) is 1. The fourth-order valence-corrected chi connectivity index (χ4v) is 1.10. The normalized spacial score (nSPS) is 30.5. The number of hydrogen-bond acceptors (Lipinski definition) is 3. The maximum absolute atomic E-state index is 12.1. The van der Waals surface area contributed by atoms with Crippen LogP contribution < -0.4 is 5.73 Å². The summed E-state index contributed by atoms with van der Waals surface area (Å²) in [5, 5.41) is 0. The molecule has 78 valence electrons. The molecule has 0 aromatic heterocycles. The molecule has 2 unspecified atom stereocenters. The van der Waals surface area contributed by atoms with E-state index < -0.39 is 24.1 Å². The van der Waals surface area contributed by atoms with Crippen molar-refractivity contribution in [2.75, 3.05) is 6.61 Å². The van der Waals surface area contributed by atoms with E-state index in [2.05, 4.69) is 0 Å². The lowest BCUT2D eigenvalue weighted by atomic mass is 10.2. The van der Waals surface area contributed by atoms with Crippen molar-refractivity contribution in [3.05, 3.63) is 0 Å². The minimum Gasteiger partial charge on any atom is -0.348 e. The van der Waals surface area contributed by atoms with Crippen molar-refractivity contribution < 1.29 is 22.6 Å². The first-order valence-electron chi connectivity index (χ1n) is 3.86. The molecule has 0 spiro atoms. The molecule has 0 saturated carbocycles. The molecule has 1 rings (SSSR count). The zero-order valence-corrected chi connectivity index (χ0v) is 7.39. The summed E-state index contributed by atoms with van der Waals surface area (Å²) in [5.74, 6) is -0.965. The lowest BCUT2D eigenvalue weighted by Crippen LogP contribution is -2.48. The zero-order chi connectivity index (χ0) is 10.3. The second kappa shape index (κ2) is 3.11. The Morgan fingerprint density at radius 1 is 1.46 bits per heavy atom. The summed E-state index contributed by atoms with van der Waals surface area (Å²) in [6, 6.07) is -1.98. The quantitative estimate of drug-likeness (QED) is 0.685. The molecule has 0 amide bonds. The van der Waals surface area contributed by atoms with Crippen molar-refractivity contribution >= 4 is 0 Å². The Morgan fingerprint density at radius 2 is 2.00 bits per heavy atom. The largest absolute Gasteiger partial charge is 0.406 e. The summed E-state index contributed by atoms with van der Waals surface area (Å²) in [6.07, 6.45) is -5.54. The summed E-state index contributed by atoms with van der Waals surface area (Å²) in [7, 11) is 0. The van der Waals surface area contributed by atoms with E-state index in [-0.39, 0.29) is 6.61 Å². The van der Waals surface area contributed by atoms with Crippen molar-refractivity contribution in [3.8, 4) is 0 Å². The second-order valence-corrected chi connectivity index (χ2v) is 3.43. The topological polar surface area (TPSA) is 44.5 Å². The zero-order valence-electron chi connectivity index (χ0n) is 7.39. The molecule has 13 heavy (non-hydrogen) atoms. The molecule has 3 nitrogen and oxygen atoms in total. The Kier molecular flexibility index (Phi) is 2.57. The minimum absolute atomic E-state index is 0.117. The SMILES string of the molecule is CC1(C)OCC(C(N)C(F)(F)F)O1. The average Bonchev–Trinajstić information content (AvgIpc) is 2.26. The summed E-state index contributed by atoms with van der Waals surface area (Å²) in [6.45, 7) is 2.99. The molecule has 0 aromatic carbocycles. The monoisotopic (exact) mass is 199 g/mol. The van der Waals surface area contributed by atoms with Crippen LogP contribution in [0.15, 0.2) is 0 Å². The third-order valence-corrected chi connectivity index (χ3v) is 1.81. The van der Waals surface area contributed by atoms with Crippen LogP contribution in [0, 0.1) is 0 Å². The smallest absolute Gasteiger partial charge is 0.348 e. The van der Waals surface area contributed by atoms with E-state index >= 15 is 0 Å². The number of alkyl halides is 3. The highest BCUT2D eigenvalue weighted by Gasteiger charge is 2.47. The van der Waals surface area contributed by atoms with E-state index in [1.54, 1.807) is 13.8 Å². The summed E-state index contributed by atoms with van der Waals surface area (Å²) in [4.78, 5) is 0. The van der Waals surface area contributed by atoms with Crippen LogP contribution in [-0.4, -0.2) is 30.7 Å². The first kappa shape index (κ1) is 10.7. The molecule has 0 radical (unpaired) electrons. The van der Waals surface area contributed by atoms with Crippen LogP contribution in [0.25, 0.3) is 0 Å². The predicted molar refractivity (Wildman–Crippen MR) is 38.9 cm³/mol. The Bertz CT molecular complexity index is 193. The van der Waals surface area contributed by atoms with Crippen LogP contribution >= 0.6 is 0 Å². The molecule has 2 N–H and O–H groups in total. The van der Waals surface area contributed by atoms with Crippen molar-refractivity contribution in [3.63, 3.8) is 0 Å². The van der Waals surface area contributed by atoms with Crippen LogP contribution in [0.2, 0.25) is 0 Å². The van der Waals surface area contributed by atoms with E-state index in [0.717, 1.165) is 0 Å². The van der Waals surface area contributed by atoms with Gasteiger partial charge in [-0.25, -0.2) is 0 Å². The summed E-state index contributed by atoms with van der Waals surface area (Å²) >= 11 is 0. The van der Waals surface area contributed by atoms with E-state index in [9.17, 15) is 13.2 Å². The van der Waals surface area contributed by atoms with Gasteiger partial charge < -0.3 is 15.2 Å². The lowest BCUT2D eigenvalue weighted by Gasteiger charge is -2.22. The fraction of sp³-hybridized carbons (Fsp3) is 1.00. The summed E-state index contributed by atoms with van der Waals surface area (Å²) in [5.41, 5.74) is 4.95. The van der Waals surface area contributed by atoms with Gasteiger partial charge in [-0.05, 0) is 13.8 Å². The van der Waals surface area contributed by atoms with Gasteiger partial charge in [0, 0.05) is 0 Å². The molecular weight excluding hydrogens is 187 g/mol. The number of ether oxygens (including phenoxy) is 2. The van der Waals surface area contributed by atoms with Gasteiger partial charge in [0.25, 0.3) is 0 Å².